The van der Waals surface area contributed by atoms with Crippen molar-refractivity contribution >= 4 is 17.4 Å². The molecule has 0 aliphatic carbocycles. The molecule has 0 aliphatic heterocycles. The maximum Gasteiger partial charge on any atom is 0.456 e. The Morgan fingerprint density at radius 3 is 2.26 bits per heavy atom. The fraction of sp³-hybridized carbons (Fsp3) is 0.375. The number of nitrogens with zero attached hydrogens (tertiary/aromatic N) is 5. The highest BCUT2D eigenvalue weighted by atomic mass is 32.2. The molecule has 31 heavy (non-hydrogen) atoms. The van der Waals surface area contributed by atoms with Gasteiger partial charge in [0.1, 0.15) is 10.7 Å². The molecule has 3 heterocycles. The Bertz CT molecular complexity index is 1060. The van der Waals surface area contributed by atoms with E-state index in [-0.39, 0.29) is 21.9 Å². The molecule has 0 spiro atoms. The van der Waals surface area contributed by atoms with Gasteiger partial charge in [-0.2, -0.15) is 40.2 Å². The highest BCUT2D eigenvalue weighted by Crippen LogP contribution is 2.37. The van der Waals surface area contributed by atoms with Crippen LogP contribution in [0, 0.1) is 0 Å². The largest absolute Gasteiger partial charge is 0.470 e. The van der Waals surface area contributed by atoms with Crippen LogP contribution in [0.4, 0.5) is 35.1 Å². The predicted octanol–water partition coefficient (Wildman–Crippen LogP) is 4.89. The summed E-state index contributed by atoms with van der Waals surface area (Å²) >= 11 is 1.10. The minimum atomic E-state index is -5.80. The molecule has 3 aromatic rings. The average molecular weight is 473 g/mol. The number of hydrogen-bond donors (Lipinski definition) is 0. The van der Waals surface area contributed by atoms with Crippen LogP contribution >= 0.6 is 11.8 Å². The van der Waals surface area contributed by atoms with Gasteiger partial charge in [-0.1, -0.05) is 6.92 Å². The number of hydrogen-bond acceptors (Lipinski definition) is 6. The fourth-order valence-electron chi connectivity index (χ4n) is 2.37. The van der Waals surface area contributed by atoms with Crippen molar-refractivity contribution in [2.45, 2.75) is 30.2 Å². The zero-order chi connectivity index (χ0) is 23.0. The van der Waals surface area contributed by atoms with Crippen LogP contribution in [-0.4, -0.2) is 49.0 Å². The first-order valence-electron chi connectivity index (χ1n) is 8.32. The number of alkyl halides is 8. The normalized spacial score (nSPS) is 13.1. The van der Waals surface area contributed by atoms with Crippen molar-refractivity contribution in [1.29, 1.82) is 0 Å². The molecule has 0 aromatic carbocycles. The summed E-state index contributed by atoms with van der Waals surface area (Å²) in [6.45, 7) is -0.269. The van der Waals surface area contributed by atoms with Gasteiger partial charge in [0.25, 0.3) is 0 Å². The van der Waals surface area contributed by atoms with E-state index < -0.39 is 36.5 Å². The first kappa shape index (κ1) is 23.0. The van der Waals surface area contributed by atoms with Crippen molar-refractivity contribution in [3.8, 4) is 17.1 Å². The first-order valence-corrected chi connectivity index (χ1v) is 9.31. The number of fused-ring (bicyclic) bond motifs is 1. The summed E-state index contributed by atoms with van der Waals surface area (Å²) in [4.78, 5) is 11.4. The Morgan fingerprint density at radius 2 is 1.71 bits per heavy atom. The molecule has 0 radical (unpaired) electrons. The molecule has 0 atom stereocenters. The Kier molecular flexibility index (Phi) is 5.99. The average Bonchev–Trinajstić information content (AvgIpc) is 3.03. The van der Waals surface area contributed by atoms with Crippen molar-refractivity contribution < 1.29 is 39.9 Å². The third kappa shape index (κ3) is 4.65. The SMILES string of the molecule is CCSc1nn2c(C(F)(F)F)ccnc2c1-c1cnc(OCC(F)(F)C(F)(F)F)cn1. The summed E-state index contributed by atoms with van der Waals surface area (Å²) in [7, 11) is 0. The van der Waals surface area contributed by atoms with Crippen molar-refractivity contribution in [2.75, 3.05) is 12.4 Å². The predicted molar refractivity (Wildman–Crippen MR) is 91.9 cm³/mol. The smallest absolute Gasteiger partial charge is 0.456 e. The lowest BCUT2D eigenvalue weighted by Crippen LogP contribution is -2.41. The van der Waals surface area contributed by atoms with Gasteiger partial charge in [-0.15, -0.1) is 11.8 Å². The lowest BCUT2D eigenvalue weighted by Gasteiger charge is -2.19. The van der Waals surface area contributed by atoms with E-state index >= 15 is 0 Å². The van der Waals surface area contributed by atoms with Gasteiger partial charge in [0, 0.05) is 6.20 Å². The number of ether oxygens (including phenoxy) is 1. The van der Waals surface area contributed by atoms with Gasteiger partial charge in [-0.05, 0) is 11.8 Å². The number of halogens is 8. The molecule has 3 rings (SSSR count). The van der Waals surface area contributed by atoms with Crippen LogP contribution in [0.5, 0.6) is 5.88 Å². The number of aromatic nitrogens is 5. The van der Waals surface area contributed by atoms with Crippen LogP contribution in [0.2, 0.25) is 0 Å². The summed E-state index contributed by atoms with van der Waals surface area (Å²) in [5, 5.41) is 4.09. The molecule has 0 amide bonds. The van der Waals surface area contributed by atoms with E-state index in [2.05, 4.69) is 24.8 Å². The molecule has 0 N–H and O–H groups in total. The monoisotopic (exact) mass is 473 g/mol. The molecular weight excluding hydrogens is 462 g/mol. The van der Waals surface area contributed by atoms with Crippen LogP contribution in [0.1, 0.15) is 12.6 Å². The number of thioether (sulfide) groups is 1. The van der Waals surface area contributed by atoms with Gasteiger partial charge in [-0.3, -0.25) is 0 Å². The van der Waals surface area contributed by atoms with Crippen LogP contribution in [-0.2, 0) is 6.18 Å². The van der Waals surface area contributed by atoms with Crippen molar-refractivity contribution in [1.82, 2.24) is 24.6 Å². The summed E-state index contributed by atoms with van der Waals surface area (Å²) in [5.41, 5.74) is -1.19. The summed E-state index contributed by atoms with van der Waals surface area (Å²) in [6, 6.07) is 0.744. The topological polar surface area (TPSA) is 65.2 Å². The van der Waals surface area contributed by atoms with Crippen LogP contribution in [0.3, 0.4) is 0 Å². The Morgan fingerprint density at radius 1 is 1.00 bits per heavy atom. The van der Waals surface area contributed by atoms with E-state index in [9.17, 15) is 35.1 Å². The van der Waals surface area contributed by atoms with E-state index in [1.54, 1.807) is 6.92 Å². The van der Waals surface area contributed by atoms with Gasteiger partial charge >= 0.3 is 18.3 Å². The van der Waals surface area contributed by atoms with E-state index in [0.717, 1.165) is 36.4 Å². The standard InChI is InChI=1S/C16H11F8N5OS/c1-2-31-13-11(12-25-4-3-9(15(19,20)21)29(12)28-13)8-5-27-10(6-26-8)30-7-14(17,18)16(22,23)24/h3-6H,2,7H2,1H3. The first-order chi connectivity index (χ1) is 14.3. The molecule has 3 aromatic heterocycles. The second-order valence-corrected chi connectivity index (χ2v) is 7.16. The zero-order valence-corrected chi connectivity index (χ0v) is 16.1. The highest BCUT2D eigenvalue weighted by molar-refractivity contribution is 7.99. The Hall–Kier alpha value is -2.71. The third-order valence-corrected chi connectivity index (χ3v) is 4.61. The quantitative estimate of drug-likeness (QED) is 0.375. The second-order valence-electron chi connectivity index (χ2n) is 5.91. The minimum Gasteiger partial charge on any atom is -0.470 e. The van der Waals surface area contributed by atoms with Crippen molar-refractivity contribution in [3.63, 3.8) is 0 Å². The summed E-state index contributed by atoms with van der Waals surface area (Å²) in [6.07, 6.45) is -7.84. The van der Waals surface area contributed by atoms with Gasteiger partial charge < -0.3 is 4.74 Å². The molecule has 0 unspecified atom stereocenters. The third-order valence-electron chi connectivity index (χ3n) is 3.76. The molecule has 168 valence electrons. The van der Waals surface area contributed by atoms with Crippen molar-refractivity contribution in [2.24, 2.45) is 0 Å². The van der Waals surface area contributed by atoms with Crippen LogP contribution in [0.25, 0.3) is 16.9 Å². The van der Waals surface area contributed by atoms with Crippen LogP contribution in [0.15, 0.2) is 29.7 Å². The van der Waals surface area contributed by atoms with Crippen molar-refractivity contribution in [3.05, 3.63) is 30.4 Å². The van der Waals surface area contributed by atoms with E-state index in [1.165, 1.54) is 0 Å². The maximum atomic E-state index is 13.3. The van der Waals surface area contributed by atoms with E-state index in [1.807, 2.05) is 0 Å². The molecule has 15 heteroatoms. The minimum absolute atomic E-state index is 0.0206. The Labute approximate surface area is 172 Å². The second kappa shape index (κ2) is 8.09. The molecular formula is C16H11F8N5OS. The molecule has 0 bridgehead atoms. The molecule has 0 saturated heterocycles. The van der Waals surface area contributed by atoms with E-state index in [0.29, 0.717) is 10.3 Å². The molecule has 0 saturated carbocycles. The van der Waals surface area contributed by atoms with Gasteiger partial charge in [0.05, 0.1) is 23.7 Å². The molecule has 0 aliphatic rings. The van der Waals surface area contributed by atoms with Gasteiger partial charge in [-0.25, -0.2) is 19.5 Å². The van der Waals surface area contributed by atoms with Crippen LogP contribution < -0.4 is 4.74 Å². The van der Waals surface area contributed by atoms with Gasteiger partial charge in [0.15, 0.2) is 12.3 Å². The van der Waals surface area contributed by atoms with E-state index in [4.69, 9.17) is 0 Å². The Balaban J connectivity index is 1.97. The molecule has 6 nitrogen and oxygen atoms in total. The van der Waals surface area contributed by atoms with Gasteiger partial charge in [0.2, 0.25) is 5.88 Å². The lowest BCUT2D eigenvalue weighted by molar-refractivity contribution is -0.290. The summed E-state index contributed by atoms with van der Waals surface area (Å²) in [5.74, 6) is -5.28. The number of rotatable bonds is 6. The molecule has 0 fully saturated rings. The lowest BCUT2D eigenvalue weighted by atomic mass is 10.2. The highest BCUT2D eigenvalue weighted by Gasteiger charge is 2.58. The zero-order valence-electron chi connectivity index (χ0n) is 15.3. The maximum absolute atomic E-state index is 13.3. The summed E-state index contributed by atoms with van der Waals surface area (Å²) < 4.78 is 107. The fourth-order valence-corrected chi connectivity index (χ4v) is 3.12.